The monoisotopic (exact) mass is 422 g/mol. The molecule has 7 nitrogen and oxygen atoms in total. The smallest absolute Gasteiger partial charge is 0.188 e. The van der Waals surface area contributed by atoms with Crippen molar-refractivity contribution in [3.8, 4) is 17.0 Å². The van der Waals surface area contributed by atoms with Gasteiger partial charge in [0.05, 0.1) is 28.6 Å². The molecule has 0 radical (unpaired) electrons. The Labute approximate surface area is 164 Å². The van der Waals surface area contributed by atoms with E-state index in [1.807, 2.05) is 0 Å². The second kappa shape index (κ2) is 6.59. The molecule has 0 atom stereocenters. The van der Waals surface area contributed by atoms with Gasteiger partial charge in [0.25, 0.3) is 0 Å². The van der Waals surface area contributed by atoms with Gasteiger partial charge >= 0.3 is 0 Å². The number of aromatic nitrogens is 2. The number of hydrogen-bond donors (Lipinski definition) is 0. The van der Waals surface area contributed by atoms with E-state index in [2.05, 4.69) is 4.98 Å². The molecule has 0 aliphatic rings. The molecule has 2 heterocycles. The minimum atomic E-state index is -3.69. The number of nitrogens with zero attached hydrogens (tertiary/aromatic N) is 2. The van der Waals surface area contributed by atoms with Gasteiger partial charge in [0.1, 0.15) is 16.3 Å². The normalized spacial score (nSPS) is 13.0. The number of rotatable bonds is 4. The van der Waals surface area contributed by atoms with Crippen molar-refractivity contribution < 1.29 is 21.6 Å². The summed E-state index contributed by atoms with van der Waals surface area (Å²) in [7, 11) is -5.66. The van der Waals surface area contributed by atoms with Crippen LogP contribution in [0.25, 0.3) is 16.9 Å². The van der Waals surface area contributed by atoms with Crippen LogP contribution >= 0.6 is 0 Å². The highest BCUT2D eigenvalue weighted by atomic mass is 32.2. The standard InChI is InChI=1S/C19H22N2O5S2/c1-19(2,3)28(24,25)17-12-21-15(11-20-18(21)10-16(17)26-4)13-7-6-8-14(9-13)27(5,22)23/h6-12H,1-5H3. The zero-order valence-electron chi connectivity index (χ0n) is 16.3. The van der Waals surface area contributed by atoms with E-state index in [1.54, 1.807) is 55.6 Å². The molecular formula is C19H22N2O5S2. The Balaban J connectivity index is 2.30. The van der Waals surface area contributed by atoms with Gasteiger partial charge in [-0.05, 0) is 32.9 Å². The van der Waals surface area contributed by atoms with E-state index in [-0.39, 0.29) is 15.5 Å². The molecule has 3 rings (SSSR count). The topological polar surface area (TPSA) is 94.8 Å². The lowest BCUT2D eigenvalue weighted by Crippen LogP contribution is -2.28. The molecule has 150 valence electrons. The lowest BCUT2D eigenvalue weighted by molar-refractivity contribution is 0.401. The highest BCUT2D eigenvalue weighted by molar-refractivity contribution is 7.92. The second-order valence-electron chi connectivity index (χ2n) is 7.49. The molecule has 0 bridgehead atoms. The third-order valence-electron chi connectivity index (χ3n) is 4.45. The van der Waals surface area contributed by atoms with Crippen molar-refractivity contribution in [1.82, 2.24) is 9.38 Å². The molecule has 0 aliphatic carbocycles. The predicted octanol–water partition coefficient (Wildman–Crippen LogP) is 2.99. The fraction of sp³-hybridized carbons (Fsp3) is 0.316. The third-order valence-corrected chi connectivity index (χ3v) is 8.06. The van der Waals surface area contributed by atoms with Gasteiger partial charge in [-0.2, -0.15) is 0 Å². The Kier molecular flexibility index (Phi) is 4.79. The van der Waals surface area contributed by atoms with Crippen molar-refractivity contribution in [2.45, 2.75) is 35.3 Å². The van der Waals surface area contributed by atoms with Gasteiger partial charge in [-0.1, -0.05) is 12.1 Å². The maximum Gasteiger partial charge on any atom is 0.188 e. The van der Waals surface area contributed by atoms with Gasteiger partial charge in [0.2, 0.25) is 0 Å². The summed E-state index contributed by atoms with van der Waals surface area (Å²) in [5.74, 6) is 0.212. The largest absolute Gasteiger partial charge is 0.495 e. The molecule has 3 aromatic rings. The SMILES string of the molecule is COc1cc2ncc(-c3cccc(S(C)(=O)=O)c3)n2cc1S(=O)(=O)C(C)(C)C. The first-order valence-corrected chi connectivity index (χ1v) is 11.8. The van der Waals surface area contributed by atoms with E-state index in [9.17, 15) is 16.8 Å². The van der Waals surface area contributed by atoms with Gasteiger partial charge in [-0.25, -0.2) is 21.8 Å². The van der Waals surface area contributed by atoms with E-state index in [0.717, 1.165) is 6.26 Å². The first-order chi connectivity index (χ1) is 12.9. The van der Waals surface area contributed by atoms with Gasteiger partial charge in [0.15, 0.2) is 19.7 Å². The molecule has 1 aromatic carbocycles. The average molecular weight is 423 g/mol. The van der Waals surface area contributed by atoms with E-state index in [4.69, 9.17) is 4.74 Å². The van der Waals surface area contributed by atoms with Crippen LogP contribution in [-0.4, -0.2) is 44.3 Å². The van der Waals surface area contributed by atoms with Crippen molar-refractivity contribution in [1.29, 1.82) is 0 Å². The number of hydrogen-bond acceptors (Lipinski definition) is 6. The molecule has 0 saturated heterocycles. The van der Waals surface area contributed by atoms with Crippen LogP contribution < -0.4 is 4.74 Å². The summed E-state index contributed by atoms with van der Waals surface area (Å²) in [6.07, 6.45) is 4.19. The molecule has 0 spiro atoms. The van der Waals surface area contributed by atoms with Crippen LogP contribution in [-0.2, 0) is 19.7 Å². The number of benzene rings is 1. The van der Waals surface area contributed by atoms with Crippen LogP contribution in [0.4, 0.5) is 0 Å². The van der Waals surface area contributed by atoms with Crippen molar-refractivity contribution in [2.24, 2.45) is 0 Å². The Morgan fingerprint density at radius 2 is 1.75 bits per heavy atom. The molecule has 28 heavy (non-hydrogen) atoms. The average Bonchev–Trinajstić information content (AvgIpc) is 3.01. The highest BCUT2D eigenvalue weighted by Crippen LogP contribution is 2.34. The van der Waals surface area contributed by atoms with Crippen LogP contribution in [0.1, 0.15) is 20.8 Å². The fourth-order valence-electron chi connectivity index (χ4n) is 2.78. The number of ether oxygens (including phenoxy) is 1. The molecule has 9 heteroatoms. The minimum absolute atomic E-state index is 0.0496. The maximum atomic E-state index is 13.0. The molecule has 0 aliphatic heterocycles. The summed E-state index contributed by atoms with van der Waals surface area (Å²) in [4.78, 5) is 4.55. The van der Waals surface area contributed by atoms with Crippen LogP contribution in [0.3, 0.4) is 0 Å². The predicted molar refractivity (Wildman–Crippen MR) is 107 cm³/mol. The Bertz CT molecular complexity index is 1270. The van der Waals surface area contributed by atoms with Crippen LogP contribution in [0.2, 0.25) is 0 Å². The number of sulfone groups is 2. The van der Waals surface area contributed by atoms with E-state index >= 15 is 0 Å². The van der Waals surface area contributed by atoms with Crippen molar-refractivity contribution in [3.05, 3.63) is 42.7 Å². The molecule has 0 unspecified atom stereocenters. The first-order valence-electron chi connectivity index (χ1n) is 8.46. The maximum absolute atomic E-state index is 13.0. The minimum Gasteiger partial charge on any atom is -0.495 e. The lowest BCUT2D eigenvalue weighted by Gasteiger charge is -2.21. The summed E-state index contributed by atoms with van der Waals surface area (Å²) in [5.41, 5.74) is 1.68. The Morgan fingerprint density at radius 1 is 1.07 bits per heavy atom. The quantitative estimate of drug-likeness (QED) is 0.641. The fourth-order valence-corrected chi connectivity index (χ4v) is 4.76. The summed E-state index contributed by atoms with van der Waals surface area (Å²) in [6, 6.07) is 8.01. The third kappa shape index (κ3) is 3.40. The van der Waals surface area contributed by atoms with Gasteiger partial charge in [-0.3, -0.25) is 4.40 Å². The molecule has 0 fully saturated rings. The highest BCUT2D eigenvalue weighted by Gasteiger charge is 2.34. The molecule has 0 N–H and O–H groups in total. The number of pyridine rings is 1. The van der Waals surface area contributed by atoms with Crippen molar-refractivity contribution >= 4 is 25.3 Å². The van der Waals surface area contributed by atoms with E-state index in [1.165, 1.54) is 19.4 Å². The second-order valence-corrected chi connectivity index (χ2v) is 12.2. The first kappa shape index (κ1) is 20.3. The zero-order chi connectivity index (χ0) is 20.9. The summed E-state index contributed by atoms with van der Waals surface area (Å²) >= 11 is 0. The van der Waals surface area contributed by atoms with Crippen LogP contribution in [0.15, 0.2) is 52.5 Å². The number of methoxy groups -OCH3 is 1. The van der Waals surface area contributed by atoms with Gasteiger partial charge < -0.3 is 4.74 Å². The number of imidazole rings is 1. The molecule has 0 amide bonds. The van der Waals surface area contributed by atoms with E-state index in [0.29, 0.717) is 16.9 Å². The Hall–Kier alpha value is -2.39. The Morgan fingerprint density at radius 3 is 2.32 bits per heavy atom. The number of fused-ring (bicyclic) bond motifs is 1. The summed E-state index contributed by atoms with van der Waals surface area (Å²) < 4.78 is 55.7. The summed E-state index contributed by atoms with van der Waals surface area (Å²) in [6.45, 7) is 4.86. The van der Waals surface area contributed by atoms with Crippen LogP contribution in [0.5, 0.6) is 5.75 Å². The zero-order valence-corrected chi connectivity index (χ0v) is 17.9. The molecule has 2 aromatic heterocycles. The summed E-state index contributed by atoms with van der Waals surface area (Å²) in [5, 5.41) is 0. The van der Waals surface area contributed by atoms with Crippen LogP contribution in [0, 0.1) is 0 Å². The van der Waals surface area contributed by atoms with E-state index < -0.39 is 24.4 Å². The van der Waals surface area contributed by atoms with Gasteiger partial charge in [-0.15, -0.1) is 0 Å². The van der Waals surface area contributed by atoms with Crippen molar-refractivity contribution in [2.75, 3.05) is 13.4 Å². The van der Waals surface area contributed by atoms with Crippen molar-refractivity contribution in [3.63, 3.8) is 0 Å². The molecule has 0 saturated carbocycles. The lowest BCUT2D eigenvalue weighted by atomic mass is 10.2. The molecular weight excluding hydrogens is 400 g/mol. The van der Waals surface area contributed by atoms with Gasteiger partial charge in [0, 0.05) is 24.1 Å².